The maximum atomic E-state index is 11.2. The van der Waals surface area contributed by atoms with Crippen LogP contribution in [0.2, 0.25) is 0 Å². The van der Waals surface area contributed by atoms with Crippen molar-refractivity contribution in [1.29, 1.82) is 0 Å². The van der Waals surface area contributed by atoms with Crippen LogP contribution < -0.4 is 5.32 Å². The topological polar surface area (TPSA) is 77.2 Å². The number of nitrogens with zero attached hydrogens (tertiary/aromatic N) is 2. The van der Waals surface area contributed by atoms with E-state index < -0.39 is 0 Å². The summed E-state index contributed by atoms with van der Waals surface area (Å²) < 4.78 is 9.92. The normalized spacial score (nSPS) is 10.5. The molecule has 0 amide bonds. The fourth-order valence-electron chi connectivity index (χ4n) is 1.21. The van der Waals surface area contributed by atoms with Crippen LogP contribution in [-0.4, -0.2) is 35.8 Å². The lowest BCUT2D eigenvalue weighted by atomic mass is 10.4. The van der Waals surface area contributed by atoms with Crippen LogP contribution in [-0.2, 0) is 16.0 Å². The molecule has 17 heavy (non-hydrogen) atoms. The average Bonchev–Trinajstić information content (AvgIpc) is 2.71. The molecule has 0 unspecified atom stereocenters. The van der Waals surface area contributed by atoms with E-state index >= 15 is 0 Å². The van der Waals surface area contributed by atoms with Gasteiger partial charge in [0, 0.05) is 13.0 Å². The number of carbonyl (C=O) groups excluding carboxylic acids is 1. The third-order valence-electron chi connectivity index (χ3n) is 2.12. The maximum Gasteiger partial charge on any atom is 0.319 e. The number of aryl methyl sites for hydroxylation is 1. The summed E-state index contributed by atoms with van der Waals surface area (Å²) in [5, 5.41) is 6.64. The zero-order valence-corrected chi connectivity index (χ0v) is 10.4. The molecule has 0 radical (unpaired) electrons. The van der Waals surface area contributed by atoms with Gasteiger partial charge >= 0.3 is 5.97 Å². The summed E-state index contributed by atoms with van der Waals surface area (Å²) in [6, 6.07) is 0. The van der Waals surface area contributed by atoms with Crippen molar-refractivity contribution < 1.29 is 14.1 Å². The molecule has 0 spiro atoms. The van der Waals surface area contributed by atoms with Crippen molar-refractivity contribution in [2.45, 2.75) is 33.1 Å². The molecule has 0 aliphatic heterocycles. The van der Waals surface area contributed by atoms with Gasteiger partial charge in [0.05, 0.1) is 13.2 Å². The van der Waals surface area contributed by atoms with E-state index in [0.29, 0.717) is 31.3 Å². The SMILES string of the molecule is CCCCOC(=O)CNCCc1nc(C)no1. The summed E-state index contributed by atoms with van der Waals surface area (Å²) in [6.45, 7) is 5.16. The second-order valence-corrected chi connectivity index (χ2v) is 3.74. The average molecular weight is 241 g/mol. The van der Waals surface area contributed by atoms with E-state index in [0.717, 1.165) is 12.8 Å². The van der Waals surface area contributed by atoms with Gasteiger partial charge < -0.3 is 14.6 Å². The summed E-state index contributed by atoms with van der Waals surface area (Å²) in [7, 11) is 0. The number of ether oxygens (including phenoxy) is 1. The second-order valence-electron chi connectivity index (χ2n) is 3.74. The van der Waals surface area contributed by atoms with Crippen molar-refractivity contribution in [3.8, 4) is 0 Å². The third-order valence-corrected chi connectivity index (χ3v) is 2.12. The van der Waals surface area contributed by atoms with Gasteiger partial charge in [0.2, 0.25) is 5.89 Å². The molecule has 0 saturated heterocycles. The summed E-state index contributed by atoms with van der Waals surface area (Å²) in [5.74, 6) is 0.980. The number of rotatable bonds is 8. The van der Waals surface area contributed by atoms with Crippen LogP contribution in [0, 0.1) is 6.92 Å². The van der Waals surface area contributed by atoms with Crippen LogP contribution in [0.15, 0.2) is 4.52 Å². The Morgan fingerprint density at radius 3 is 3.00 bits per heavy atom. The van der Waals surface area contributed by atoms with Crippen LogP contribution in [0.5, 0.6) is 0 Å². The predicted octanol–water partition coefficient (Wildman–Crippen LogP) is 0.853. The van der Waals surface area contributed by atoms with Crippen LogP contribution in [0.3, 0.4) is 0 Å². The predicted molar refractivity (Wildman–Crippen MR) is 61.5 cm³/mol. The number of unbranched alkanes of at least 4 members (excludes halogenated alkanes) is 1. The monoisotopic (exact) mass is 241 g/mol. The number of aromatic nitrogens is 2. The van der Waals surface area contributed by atoms with Crippen molar-refractivity contribution in [3.63, 3.8) is 0 Å². The van der Waals surface area contributed by atoms with Crippen LogP contribution >= 0.6 is 0 Å². The molecule has 1 N–H and O–H groups in total. The highest BCUT2D eigenvalue weighted by atomic mass is 16.5. The number of hydrogen-bond acceptors (Lipinski definition) is 6. The van der Waals surface area contributed by atoms with Crippen molar-refractivity contribution in [3.05, 3.63) is 11.7 Å². The standard InChI is InChI=1S/C11H19N3O3/c1-3-4-7-16-11(15)8-12-6-5-10-13-9(2)14-17-10/h12H,3-8H2,1-2H3. The van der Waals surface area contributed by atoms with E-state index in [2.05, 4.69) is 22.4 Å². The Balaban J connectivity index is 2.02. The number of carbonyl (C=O) groups is 1. The number of esters is 1. The van der Waals surface area contributed by atoms with Gasteiger partial charge in [-0.1, -0.05) is 18.5 Å². The van der Waals surface area contributed by atoms with Gasteiger partial charge in [0.1, 0.15) is 0 Å². The molecule has 0 saturated carbocycles. The minimum atomic E-state index is -0.222. The van der Waals surface area contributed by atoms with Gasteiger partial charge in [-0.2, -0.15) is 4.98 Å². The molecule has 6 heteroatoms. The number of hydrogen-bond donors (Lipinski definition) is 1. The Hall–Kier alpha value is -1.43. The quantitative estimate of drug-likeness (QED) is 0.537. The first-order chi connectivity index (χ1) is 8.22. The molecular weight excluding hydrogens is 222 g/mol. The fourth-order valence-corrected chi connectivity index (χ4v) is 1.21. The Morgan fingerprint density at radius 1 is 1.53 bits per heavy atom. The van der Waals surface area contributed by atoms with Crippen molar-refractivity contribution >= 4 is 5.97 Å². The van der Waals surface area contributed by atoms with E-state index in [1.807, 2.05) is 0 Å². The second kappa shape index (κ2) is 7.78. The highest BCUT2D eigenvalue weighted by molar-refractivity contribution is 5.71. The molecule has 6 nitrogen and oxygen atoms in total. The summed E-state index contributed by atoms with van der Waals surface area (Å²) in [6.07, 6.45) is 2.55. The van der Waals surface area contributed by atoms with Crippen LogP contribution in [0.25, 0.3) is 0 Å². The Labute approximate surface area is 101 Å². The van der Waals surface area contributed by atoms with Crippen molar-refractivity contribution in [1.82, 2.24) is 15.5 Å². The van der Waals surface area contributed by atoms with E-state index in [4.69, 9.17) is 9.26 Å². The minimum absolute atomic E-state index is 0.219. The molecule has 1 aromatic heterocycles. The van der Waals surface area contributed by atoms with E-state index in [1.165, 1.54) is 0 Å². The smallest absolute Gasteiger partial charge is 0.319 e. The molecular formula is C11H19N3O3. The van der Waals surface area contributed by atoms with Gasteiger partial charge in [-0.25, -0.2) is 0 Å². The summed E-state index contributed by atoms with van der Waals surface area (Å²) >= 11 is 0. The van der Waals surface area contributed by atoms with Crippen molar-refractivity contribution in [2.75, 3.05) is 19.7 Å². The van der Waals surface area contributed by atoms with Crippen LogP contribution in [0.4, 0.5) is 0 Å². The Bertz CT molecular complexity index is 338. The lowest BCUT2D eigenvalue weighted by Gasteiger charge is -2.04. The van der Waals surface area contributed by atoms with Gasteiger partial charge in [0.15, 0.2) is 5.82 Å². The molecule has 1 heterocycles. The third kappa shape index (κ3) is 6.01. The highest BCUT2D eigenvalue weighted by Gasteiger charge is 2.04. The Morgan fingerprint density at radius 2 is 2.35 bits per heavy atom. The molecule has 0 aliphatic carbocycles. The molecule has 0 atom stereocenters. The zero-order chi connectivity index (χ0) is 12.5. The van der Waals surface area contributed by atoms with Crippen LogP contribution in [0.1, 0.15) is 31.5 Å². The van der Waals surface area contributed by atoms with Gasteiger partial charge in [0.25, 0.3) is 0 Å². The Kier molecular flexibility index (Phi) is 6.24. The summed E-state index contributed by atoms with van der Waals surface area (Å²) in [5.41, 5.74) is 0. The van der Waals surface area contributed by atoms with E-state index in [-0.39, 0.29) is 12.5 Å². The molecule has 0 aliphatic rings. The van der Waals surface area contributed by atoms with E-state index in [9.17, 15) is 4.79 Å². The minimum Gasteiger partial charge on any atom is -0.465 e. The lowest BCUT2D eigenvalue weighted by molar-refractivity contribution is -0.142. The summed E-state index contributed by atoms with van der Waals surface area (Å²) in [4.78, 5) is 15.3. The molecule has 0 fully saturated rings. The molecule has 96 valence electrons. The first-order valence-electron chi connectivity index (χ1n) is 5.88. The van der Waals surface area contributed by atoms with E-state index in [1.54, 1.807) is 6.92 Å². The first kappa shape index (κ1) is 13.6. The van der Waals surface area contributed by atoms with Crippen molar-refractivity contribution in [2.24, 2.45) is 0 Å². The maximum absolute atomic E-state index is 11.2. The molecule has 1 aromatic rings. The molecule has 1 rings (SSSR count). The highest BCUT2D eigenvalue weighted by Crippen LogP contribution is 1.95. The van der Waals surface area contributed by atoms with Gasteiger partial charge in [-0.05, 0) is 13.3 Å². The zero-order valence-electron chi connectivity index (χ0n) is 10.4. The molecule has 0 bridgehead atoms. The fraction of sp³-hybridized carbons (Fsp3) is 0.727. The molecule has 0 aromatic carbocycles. The van der Waals surface area contributed by atoms with Gasteiger partial charge in [-0.3, -0.25) is 4.79 Å². The lowest BCUT2D eigenvalue weighted by Crippen LogP contribution is -2.26. The number of nitrogens with one attached hydrogen (secondary N) is 1. The first-order valence-corrected chi connectivity index (χ1v) is 5.88. The largest absolute Gasteiger partial charge is 0.465 e. The van der Waals surface area contributed by atoms with Gasteiger partial charge in [-0.15, -0.1) is 0 Å².